The molecule has 1 aromatic heterocycles. The third-order valence-electron chi connectivity index (χ3n) is 6.26. The van der Waals surface area contributed by atoms with Crippen molar-refractivity contribution < 1.29 is 24.2 Å². The molecule has 7 nitrogen and oxygen atoms in total. The summed E-state index contributed by atoms with van der Waals surface area (Å²) in [6, 6.07) is 25.9. The van der Waals surface area contributed by atoms with E-state index in [1.54, 1.807) is 67.0 Å². The zero-order chi connectivity index (χ0) is 27.2. The Labute approximate surface area is 226 Å². The summed E-state index contributed by atoms with van der Waals surface area (Å²) in [4.78, 5) is 32.3. The lowest BCUT2D eigenvalue weighted by atomic mass is 9.95. The van der Waals surface area contributed by atoms with Crippen molar-refractivity contribution in [3.8, 4) is 17.2 Å². The first-order valence-electron chi connectivity index (χ1n) is 12.4. The number of aliphatic hydroxyl groups excluding tert-OH is 1. The predicted octanol–water partition coefficient (Wildman–Crippen LogP) is 6.06. The topological polar surface area (TPSA) is 89.0 Å². The lowest BCUT2D eigenvalue weighted by Crippen LogP contribution is -2.29. The Balaban J connectivity index is 1.57. The van der Waals surface area contributed by atoms with Gasteiger partial charge in [0.25, 0.3) is 11.7 Å². The second-order valence-corrected chi connectivity index (χ2v) is 8.90. The highest BCUT2D eigenvalue weighted by molar-refractivity contribution is 6.46. The SMILES string of the molecule is C=CCOc1ccc(/C(O)=C2\C(=O)C(=O)N(Cc3cccnc3)C2c2cccc(Oc3ccccc3)c2)cc1. The Kier molecular flexibility index (Phi) is 7.50. The number of para-hydroxylation sites is 1. The molecule has 1 aliphatic rings. The van der Waals surface area contributed by atoms with Crippen LogP contribution in [0.5, 0.6) is 17.2 Å². The summed E-state index contributed by atoms with van der Waals surface area (Å²) in [5, 5.41) is 11.4. The number of carbonyl (C=O) groups excluding carboxylic acids is 2. The summed E-state index contributed by atoms with van der Waals surface area (Å²) in [5.41, 5.74) is 1.77. The van der Waals surface area contributed by atoms with Gasteiger partial charge in [0.1, 0.15) is 29.6 Å². The average Bonchev–Trinajstić information content (AvgIpc) is 3.22. The Bertz CT molecular complexity index is 1520. The van der Waals surface area contributed by atoms with Crippen LogP contribution in [0.4, 0.5) is 0 Å². The van der Waals surface area contributed by atoms with Crippen molar-refractivity contribution in [1.29, 1.82) is 0 Å². The van der Waals surface area contributed by atoms with E-state index < -0.39 is 17.7 Å². The lowest BCUT2D eigenvalue weighted by Gasteiger charge is -2.25. The summed E-state index contributed by atoms with van der Waals surface area (Å²) < 4.78 is 11.5. The number of carbonyl (C=O) groups is 2. The van der Waals surface area contributed by atoms with Gasteiger partial charge in [-0.25, -0.2) is 0 Å². The van der Waals surface area contributed by atoms with Crippen LogP contribution in [-0.4, -0.2) is 33.3 Å². The standard InChI is InChI=1S/C32H26N2O5/c1-2-18-38-25-15-13-23(14-16-25)30(35)28-29(34(32(37)31(28)36)21-22-8-7-17-33-20-22)24-9-6-12-27(19-24)39-26-10-4-3-5-11-26/h2-17,19-20,29,35H,1,18,21H2/b30-28+. The number of ether oxygens (including phenoxy) is 2. The Morgan fingerprint density at radius 1 is 0.923 bits per heavy atom. The van der Waals surface area contributed by atoms with Crippen LogP contribution in [-0.2, 0) is 16.1 Å². The normalized spacial score (nSPS) is 16.2. The molecular formula is C32H26N2O5. The summed E-state index contributed by atoms with van der Waals surface area (Å²) in [7, 11) is 0. The first kappa shape index (κ1) is 25.5. The minimum Gasteiger partial charge on any atom is -0.507 e. The van der Waals surface area contributed by atoms with Crippen molar-refractivity contribution in [2.24, 2.45) is 0 Å². The maximum absolute atomic E-state index is 13.4. The first-order valence-corrected chi connectivity index (χ1v) is 12.4. The van der Waals surface area contributed by atoms with Crippen molar-refractivity contribution in [2.45, 2.75) is 12.6 Å². The molecule has 7 heteroatoms. The molecule has 4 aromatic rings. The quantitative estimate of drug-likeness (QED) is 0.125. The van der Waals surface area contributed by atoms with Crippen molar-refractivity contribution in [3.05, 3.63) is 138 Å². The molecule has 1 atom stereocenters. The van der Waals surface area contributed by atoms with E-state index in [0.29, 0.717) is 35.0 Å². The number of likely N-dealkylation sites (tertiary alicyclic amines) is 1. The van der Waals surface area contributed by atoms with Crippen LogP contribution in [0.3, 0.4) is 0 Å². The molecule has 5 rings (SSSR count). The van der Waals surface area contributed by atoms with Crippen LogP contribution >= 0.6 is 0 Å². The lowest BCUT2D eigenvalue weighted by molar-refractivity contribution is -0.140. The summed E-state index contributed by atoms with van der Waals surface area (Å²) in [6.45, 7) is 4.11. The molecule has 1 aliphatic heterocycles. The van der Waals surface area contributed by atoms with Crippen LogP contribution in [0.2, 0.25) is 0 Å². The second kappa shape index (κ2) is 11.5. The number of amides is 1. The fraction of sp³-hybridized carbons (Fsp3) is 0.0938. The largest absolute Gasteiger partial charge is 0.507 e. The molecule has 1 fully saturated rings. The van der Waals surface area contributed by atoms with E-state index in [0.717, 1.165) is 5.56 Å². The Hall–Kier alpha value is -5.17. The number of hydrogen-bond donors (Lipinski definition) is 1. The van der Waals surface area contributed by atoms with E-state index in [1.165, 1.54) is 4.90 Å². The summed E-state index contributed by atoms with van der Waals surface area (Å²) in [5.74, 6) is 0.0446. The third-order valence-corrected chi connectivity index (χ3v) is 6.26. The number of Topliss-reactive ketones (excluding diaryl/α,β-unsaturated/α-hetero) is 1. The van der Waals surface area contributed by atoms with E-state index >= 15 is 0 Å². The minimum absolute atomic E-state index is 0.000473. The second-order valence-electron chi connectivity index (χ2n) is 8.90. The molecule has 0 radical (unpaired) electrons. The van der Waals surface area contributed by atoms with Gasteiger partial charge in [0.15, 0.2) is 0 Å². The molecule has 39 heavy (non-hydrogen) atoms. The summed E-state index contributed by atoms with van der Waals surface area (Å²) in [6.07, 6.45) is 4.92. The van der Waals surface area contributed by atoms with Gasteiger partial charge < -0.3 is 19.5 Å². The molecule has 1 amide bonds. The van der Waals surface area contributed by atoms with Gasteiger partial charge in [-0.05, 0) is 65.7 Å². The fourth-order valence-electron chi connectivity index (χ4n) is 4.47. The van der Waals surface area contributed by atoms with E-state index in [9.17, 15) is 14.7 Å². The monoisotopic (exact) mass is 518 g/mol. The zero-order valence-electron chi connectivity index (χ0n) is 21.1. The number of aromatic nitrogens is 1. The van der Waals surface area contributed by atoms with Crippen LogP contribution in [0.25, 0.3) is 5.76 Å². The van der Waals surface area contributed by atoms with Gasteiger partial charge in [-0.15, -0.1) is 0 Å². The first-order chi connectivity index (χ1) is 19.0. The number of rotatable bonds is 9. The molecule has 1 saturated heterocycles. The number of aliphatic hydroxyl groups is 1. The molecule has 1 unspecified atom stereocenters. The van der Waals surface area contributed by atoms with Gasteiger partial charge in [0.2, 0.25) is 0 Å². The molecular weight excluding hydrogens is 492 g/mol. The molecule has 0 saturated carbocycles. The van der Waals surface area contributed by atoms with Crippen LogP contribution in [0.15, 0.2) is 122 Å². The highest BCUT2D eigenvalue weighted by Crippen LogP contribution is 2.41. The predicted molar refractivity (Wildman–Crippen MR) is 147 cm³/mol. The van der Waals surface area contributed by atoms with Gasteiger partial charge in [-0.2, -0.15) is 0 Å². The minimum atomic E-state index is -0.846. The smallest absolute Gasteiger partial charge is 0.295 e. The van der Waals surface area contributed by atoms with Gasteiger partial charge >= 0.3 is 0 Å². The molecule has 194 valence electrons. The van der Waals surface area contributed by atoms with E-state index in [4.69, 9.17) is 9.47 Å². The molecule has 1 N–H and O–H groups in total. The Morgan fingerprint density at radius 2 is 1.69 bits per heavy atom. The third kappa shape index (κ3) is 5.57. The van der Waals surface area contributed by atoms with E-state index in [2.05, 4.69) is 11.6 Å². The zero-order valence-corrected chi connectivity index (χ0v) is 21.1. The van der Waals surface area contributed by atoms with Gasteiger partial charge in [-0.3, -0.25) is 14.6 Å². The van der Waals surface area contributed by atoms with Crippen molar-refractivity contribution >= 4 is 17.4 Å². The summed E-state index contributed by atoms with van der Waals surface area (Å²) >= 11 is 0. The highest BCUT2D eigenvalue weighted by Gasteiger charge is 2.46. The Morgan fingerprint density at radius 3 is 2.41 bits per heavy atom. The maximum atomic E-state index is 13.4. The van der Waals surface area contributed by atoms with Gasteiger partial charge in [0.05, 0.1) is 11.6 Å². The van der Waals surface area contributed by atoms with E-state index in [-0.39, 0.29) is 17.9 Å². The van der Waals surface area contributed by atoms with Crippen LogP contribution in [0.1, 0.15) is 22.7 Å². The molecule has 0 spiro atoms. The molecule has 2 heterocycles. The number of ketones is 1. The fourth-order valence-corrected chi connectivity index (χ4v) is 4.47. The molecule has 0 bridgehead atoms. The van der Waals surface area contributed by atoms with Crippen molar-refractivity contribution in [3.63, 3.8) is 0 Å². The number of nitrogens with zero attached hydrogens (tertiary/aromatic N) is 2. The number of benzene rings is 3. The van der Waals surface area contributed by atoms with E-state index in [1.807, 2.05) is 42.5 Å². The maximum Gasteiger partial charge on any atom is 0.295 e. The van der Waals surface area contributed by atoms with Gasteiger partial charge in [0, 0.05) is 24.5 Å². The molecule has 0 aliphatic carbocycles. The number of hydrogen-bond acceptors (Lipinski definition) is 6. The highest BCUT2D eigenvalue weighted by atomic mass is 16.5. The van der Waals surface area contributed by atoms with Crippen LogP contribution in [0, 0.1) is 0 Å². The number of pyridine rings is 1. The average molecular weight is 519 g/mol. The molecule has 3 aromatic carbocycles. The van der Waals surface area contributed by atoms with Crippen LogP contribution < -0.4 is 9.47 Å². The van der Waals surface area contributed by atoms with Gasteiger partial charge in [-0.1, -0.05) is 49.1 Å². The van der Waals surface area contributed by atoms with Crippen molar-refractivity contribution in [2.75, 3.05) is 6.61 Å². The van der Waals surface area contributed by atoms with Crippen molar-refractivity contribution in [1.82, 2.24) is 9.88 Å².